The first-order valence-corrected chi connectivity index (χ1v) is 11.2. The van der Waals surface area contributed by atoms with Gasteiger partial charge in [-0.3, -0.25) is 0 Å². The second-order valence-corrected chi connectivity index (χ2v) is 9.65. The van der Waals surface area contributed by atoms with Gasteiger partial charge in [0.25, 0.3) is 0 Å². The quantitative estimate of drug-likeness (QED) is 0.323. The number of hydrogen-bond acceptors (Lipinski definition) is 5. The van der Waals surface area contributed by atoms with Crippen LogP contribution in [0.1, 0.15) is 84.6 Å². The number of hydrogen-bond donors (Lipinski definition) is 2. The lowest BCUT2D eigenvalue weighted by molar-refractivity contribution is 0.00545. The van der Waals surface area contributed by atoms with Crippen molar-refractivity contribution in [1.82, 2.24) is 20.7 Å². The van der Waals surface area contributed by atoms with Gasteiger partial charge in [0.15, 0.2) is 11.7 Å². The number of guanidine groups is 1. The molecule has 2 bridgehead atoms. The Hall–Kier alpha value is -1.52. The van der Waals surface area contributed by atoms with Gasteiger partial charge in [-0.05, 0) is 59.3 Å². The largest absolute Gasteiger partial charge is 0.444 e. The van der Waals surface area contributed by atoms with Crippen LogP contribution in [0, 0.1) is 0 Å². The summed E-state index contributed by atoms with van der Waals surface area (Å²) in [6.07, 6.45) is 3.69. The first-order chi connectivity index (χ1) is 14.2. The van der Waals surface area contributed by atoms with Gasteiger partial charge in [0.2, 0.25) is 0 Å². The van der Waals surface area contributed by atoms with E-state index in [0.717, 1.165) is 49.6 Å². The second kappa shape index (κ2) is 10.9. The van der Waals surface area contributed by atoms with Crippen LogP contribution in [0.2, 0.25) is 0 Å². The molecule has 0 spiro atoms. The number of aliphatic imine (C=N–C) groups is 1. The number of amides is 1. The molecule has 2 fully saturated rings. The summed E-state index contributed by atoms with van der Waals surface area (Å²) in [5, 5.41) is 11.0. The molecule has 2 aliphatic rings. The number of piperidine rings is 1. The van der Waals surface area contributed by atoms with E-state index in [-0.39, 0.29) is 48.2 Å². The predicted octanol–water partition coefficient (Wildman–Crippen LogP) is 4.40. The predicted molar refractivity (Wildman–Crippen MR) is 132 cm³/mol. The average molecular weight is 547 g/mol. The summed E-state index contributed by atoms with van der Waals surface area (Å²) >= 11 is 0. The van der Waals surface area contributed by atoms with Gasteiger partial charge < -0.3 is 24.8 Å². The zero-order valence-corrected chi connectivity index (χ0v) is 21.9. The fourth-order valence-electron chi connectivity index (χ4n) is 4.25. The Balaban J connectivity index is 0.00000341. The number of ether oxygens (including phenoxy) is 1. The minimum absolute atomic E-state index is 0. The summed E-state index contributed by atoms with van der Waals surface area (Å²) in [5.41, 5.74) is 0.483. The summed E-state index contributed by atoms with van der Waals surface area (Å²) < 4.78 is 11.0. The van der Waals surface area contributed by atoms with Crippen molar-refractivity contribution in [3.63, 3.8) is 0 Å². The Morgan fingerprint density at radius 3 is 2.48 bits per heavy atom. The number of carbonyl (C=O) groups excluding carboxylic acids is 1. The van der Waals surface area contributed by atoms with E-state index in [2.05, 4.69) is 41.6 Å². The average Bonchev–Trinajstić information content (AvgIpc) is 3.22. The maximum Gasteiger partial charge on any atom is 0.410 e. The molecule has 1 aromatic heterocycles. The molecule has 176 valence electrons. The van der Waals surface area contributed by atoms with Crippen LogP contribution in [0.4, 0.5) is 4.79 Å². The SMILES string of the molecule is CCNC(=NCc1cc(C(C)C)no1)NC1CC2CCC(C1)N2C(=O)OC(C)(C)C.I. The molecular formula is C22H38IN5O3. The van der Waals surface area contributed by atoms with E-state index in [0.29, 0.717) is 12.5 Å². The zero-order valence-electron chi connectivity index (χ0n) is 19.6. The van der Waals surface area contributed by atoms with Crippen molar-refractivity contribution >= 4 is 36.0 Å². The highest BCUT2D eigenvalue weighted by atomic mass is 127. The molecule has 2 N–H and O–H groups in total. The maximum atomic E-state index is 12.6. The summed E-state index contributed by atoms with van der Waals surface area (Å²) in [7, 11) is 0. The normalized spacial score (nSPS) is 23.5. The fourth-order valence-corrected chi connectivity index (χ4v) is 4.25. The Bertz CT molecular complexity index is 745. The third-order valence-electron chi connectivity index (χ3n) is 5.58. The summed E-state index contributed by atoms with van der Waals surface area (Å²) in [6.45, 7) is 13.2. The molecule has 2 saturated heterocycles. The fraction of sp³-hybridized carbons (Fsp3) is 0.773. The molecule has 8 nitrogen and oxygen atoms in total. The smallest absolute Gasteiger partial charge is 0.410 e. The van der Waals surface area contributed by atoms with Crippen LogP contribution < -0.4 is 10.6 Å². The lowest BCUT2D eigenvalue weighted by Gasteiger charge is -2.40. The van der Waals surface area contributed by atoms with Crippen LogP contribution in [0.15, 0.2) is 15.6 Å². The highest BCUT2D eigenvalue weighted by molar-refractivity contribution is 14.0. The van der Waals surface area contributed by atoms with Gasteiger partial charge >= 0.3 is 6.09 Å². The summed E-state index contributed by atoms with van der Waals surface area (Å²) in [6, 6.07) is 2.70. The van der Waals surface area contributed by atoms with Gasteiger partial charge in [-0.15, -0.1) is 24.0 Å². The molecule has 2 aliphatic heterocycles. The molecule has 3 heterocycles. The van der Waals surface area contributed by atoms with Crippen molar-refractivity contribution in [1.29, 1.82) is 0 Å². The summed E-state index contributed by atoms with van der Waals surface area (Å²) in [5.74, 6) is 1.87. The van der Waals surface area contributed by atoms with E-state index in [1.807, 2.05) is 31.7 Å². The van der Waals surface area contributed by atoms with Gasteiger partial charge in [-0.1, -0.05) is 19.0 Å². The van der Waals surface area contributed by atoms with Crippen LogP contribution in [0.25, 0.3) is 0 Å². The van der Waals surface area contributed by atoms with E-state index < -0.39 is 5.60 Å². The zero-order chi connectivity index (χ0) is 21.9. The van der Waals surface area contributed by atoms with Crippen molar-refractivity contribution in [2.45, 2.75) is 103 Å². The number of nitrogens with one attached hydrogen (secondary N) is 2. The number of halogens is 1. The van der Waals surface area contributed by atoms with Crippen LogP contribution in [-0.4, -0.2) is 52.4 Å². The highest BCUT2D eigenvalue weighted by Crippen LogP contribution is 2.36. The van der Waals surface area contributed by atoms with Crippen molar-refractivity contribution in [2.24, 2.45) is 4.99 Å². The Labute approximate surface area is 202 Å². The van der Waals surface area contributed by atoms with E-state index in [1.54, 1.807) is 0 Å². The Morgan fingerprint density at radius 2 is 1.97 bits per heavy atom. The summed E-state index contributed by atoms with van der Waals surface area (Å²) in [4.78, 5) is 19.3. The standard InChI is InChI=1S/C22H37N5O3.HI/c1-7-23-20(24-13-18-12-19(14(2)3)26-30-18)25-15-10-16-8-9-17(11-15)27(16)21(28)29-22(4,5)6;/h12,14-17H,7-11,13H2,1-6H3,(H2,23,24,25);1H. The number of rotatable bonds is 5. The number of nitrogens with zero attached hydrogens (tertiary/aromatic N) is 3. The molecule has 0 aromatic carbocycles. The first kappa shape index (κ1) is 25.7. The van der Waals surface area contributed by atoms with Crippen molar-refractivity contribution in [3.05, 3.63) is 17.5 Å². The van der Waals surface area contributed by atoms with Crippen molar-refractivity contribution in [2.75, 3.05) is 6.54 Å². The lowest BCUT2D eigenvalue weighted by Crippen LogP contribution is -2.55. The van der Waals surface area contributed by atoms with Gasteiger partial charge in [-0.2, -0.15) is 0 Å². The first-order valence-electron chi connectivity index (χ1n) is 11.2. The maximum absolute atomic E-state index is 12.6. The third-order valence-corrected chi connectivity index (χ3v) is 5.58. The lowest BCUT2D eigenvalue weighted by atomic mass is 9.98. The molecule has 31 heavy (non-hydrogen) atoms. The number of fused-ring (bicyclic) bond motifs is 2. The number of aromatic nitrogens is 1. The third kappa shape index (κ3) is 6.98. The molecule has 3 rings (SSSR count). The van der Waals surface area contributed by atoms with E-state index in [9.17, 15) is 4.79 Å². The molecule has 9 heteroatoms. The van der Waals surface area contributed by atoms with Gasteiger partial charge in [0, 0.05) is 30.7 Å². The molecule has 2 atom stereocenters. The van der Waals surface area contributed by atoms with Crippen molar-refractivity contribution < 1.29 is 14.1 Å². The van der Waals surface area contributed by atoms with Gasteiger partial charge in [0.05, 0.1) is 5.69 Å². The molecule has 1 amide bonds. The highest BCUT2D eigenvalue weighted by Gasteiger charge is 2.45. The topological polar surface area (TPSA) is 92.0 Å². The van der Waals surface area contributed by atoms with Crippen LogP contribution in [-0.2, 0) is 11.3 Å². The minimum atomic E-state index is -0.466. The molecule has 0 radical (unpaired) electrons. The van der Waals surface area contributed by atoms with Crippen LogP contribution >= 0.6 is 24.0 Å². The molecule has 0 aliphatic carbocycles. The monoisotopic (exact) mass is 547 g/mol. The molecule has 1 aromatic rings. The molecule has 2 unspecified atom stereocenters. The van der Waals surface area contributed by atoms with Crippen molar-refractivity contribution in [3.8, 4) is 0 Å². The van der Waals surface area contributed by atoms with E-state index in [4.69, 9.17) is 9.26 Å². The molecule has 0 saturated carbocycles. The Morgan fingerprint density at radius 1 is 1.32 bits per heavy atom. The van der Waals surface area contributed by atoms with Crippen LogP contribution in [0.3, 0.4) is 0 Å². The van der Waals surface area contributed by atoms with E-state index in [1.165, 1.54) is 0 Å². The number of carbonyl (C=O) groups is 1. The Kier molecular flexibility index (Phi) is 9.03. The van der Waals surface area contributed by atoms with Crippen LogP contribution in [0.5, 0.6) is 0 Å². The van der Waals surface area contributed by atoms with E-state index >= 15 is 0 Å². The van der Waals surface area contributed by atoms with Gasteiger partial charge in [-0.25, -0.2) is 9.79 Å². The molecular weight excluding hydrogens is 509 g/mol. The second-order valence-electron chi connectivity index (χ2n) is 9.65. The van der Waals surface area contributed by atoms with Gasteiger partial charge in [0.1, 0.15) is 12.1 Å². The minimum Gasteiger partial charge on any atom is -0.444 e.